The number of halogens is 3. The summed E-state index contributed by atoms with van der Waals surface area (Å²) >= 11 is 18.0. The van der Waals surface area contributed by atoms with Gasteiger partial charge in [0.15, 0.2) is 0 Å². The highest BCUT2D eigenvalue weighted by Crippen LogP contribution is 2.26. The maximum Gasteiger partial charge on any atom is 0.228 e. The Morgan fingerprint density at radius 3 is 2.29 bits per heavy atom. The molecule has 0 amide bonds. The zero-order valence-corrected chi connectivity index (χ0v) is 13.3. The van der Waals surface area contributed by atoms with Crippen molar-refractivity contribution < 1.29 is 0 Å². The molecule has 1 N–H and O–H groups in total. The lowest BCUT2D eigenvalue weighted by molar-refractivity contribution is 1.15. The summed E-state index contributed by atoms with van der Waals surface area (Å²) in [5.74, 6) is 0.473. The standard InChI is InChI=1S/C15H10Cl3N3/c1-8-13-3-2-9(16)7-14(13)21-15(19-8)20-12-5-10(17)4-11(18)6-12/h2-7H,1H3,(H,19,20,21). The van der Waals surface area contributed by atoms with Gasteiger partial charge in [0.1, 0.15) is 0 Å². The van der Waals surface area contributed by atoms with E-state index in [1.165, 1.54) is 0 Å². The van der Waals surface area contributed by atoms with Gasteiger partial charge in [-0.25, -0.2) is 9.97 Å². The Morgan fingerprint density at radius 2 is 1.57 bits per heavy atom. The van der Waals surface area contributed by atoms with Gasteiger partial charge in [0.05, 0.1) is 11.2 Å². The lowest BCUT2D eigenvalue weighted by Gasteiger charge is -2.09. The van der Waals surface area contributed by atoms with Crippen LogP contribution < -0.4 is 5.32 Å². The number of benzene rings is 2. The van der Waals surface area contributed by atoms with Crippen LogP contribution in [-0.4, -0.2) is 9.97 Å². The fourth-order valence-electron chi connectivity index (χ4n) is 2.07. The zero-order valence-electron chi connectivity index (χ0n) is 11.0. The third-order valence-corrected chi connectivity index (χ3v) is 3.64. The Morgan fingerprint density at radius 1 is 0.857 bits per heavy atom. The third-order valence-electron chi connectivity index (χ3n) is 2.97. The number of aromatic nitrogens is 2. The van der Waals surface area contributed by atoms with Crippen LogP contribution in [0, 0.1) is 6.92 Å². The van der Waals surface area contributed by atoms with Crippen molar-refractivity contribution in [3.63, 3.8) is 0 Å². The van der Waals surface area contributed by atoms with Gasteiger partial charge in [-0.15, -0.1) is 0 Å². The largest absolute Gasteiger partial charge is 0.324 e. The summed E-state index contributed by atoms with van der Waals surface area (Å²) < 4.78 is 0. The van der Waals surface area contributed by atoms with Crippen LogP contribution >= 0.6 is 34.8 Å². The van der Waals surface area contributed by atoms with Gasteiger partial charge < -0.3 is 5.32 Å². The van der Waals surface area contributed by atoms with Crippen molar-refractivity contribution in [3.8, 4) is 0 Å². The number of aryl methyl sites for hydroxylation is 1. The number of anilines is 2. The average molecular weight is 339 g/mol. The maximum absolute atomic E-state index is 6.01. The monoisotopic (exact) mass is 337 g/mol. The molecule has 21 heavy (non-hydrogen) atoms. The van der Waals surface area contributed by atoms with E-state index in [-0.39, 0.29) is 0 Å². The van der Waals surface area contributed by atoms with Crippen molar-refractivity contribution in [3.05, 3.63) is 57.2 Å². The molecule has 106 valence electrons. The molecule has 0 saturated carbocycles. The molecule has 0 aliphatic rings. The molecule has 3 aromatic rings. The van der Waals surface area contributed by atoms with Crippen LogP contribution in [0.15, 0.2) is 36.4 Å². The van der Waals surface area contributed by atoms with E-state index in [1.807, 2.05) is 25.1 Å². The summed E-state index contributed by atoms with van der Waals surface area (Å²) in [4.78, 5) is 8.89. The molecule has 6 heteroatoms. The zero-order chi connectivity index (χ0) is 15.0. The minimum absolute atomic E-state index is 0.473. The van der Waals surface area contributed by atoms with Crippen molar-refractivity contribution in [2.24, 2.45) is 0 Å². The van der Waals surface area contributed by atoms with E-state index in [4.69, 9.17) is 34.8 Å². The van der Waals surface area contributed by atoms with E-state index in [2.05, 4.69) is 15.3 Å². The molecule has 0 radical (unpaired) electrons. The molecule has 0 aliphatic carbocycles. The van der Waals surface area contributed by atoms with Crippen LogP contribution in [0.2, 0.25) is 15.1 Å². The van der Waals surface area contributed by atoms with Crippen LogP contribution in [0.25, 0.3) is 10.9 Å². The van der Waals surface area contributed by atoms with Crippen LogP contribution in [-0.2, 0) is 0 Å². The van der Waals surface area contributed by atoms with Gasteiger partial charge in [0.2, 0.25) is 5.95 Å². The van der Waals surface area contributed by atoms with Gasteiger partial charge in [0, 0.05) is 26.1 Å². The molecular formula is C15H10Cl3N3. The summed E-state index contributed by atoms with van der Waals surface area (Å²) in [6, 6.07) is 10.7. The predicted molar refractivity (Wildman–Crippen MR) is 89.0 cm³/mol. The van der Waals surface area contributed by atoms with Gasteiger partial charge in [-0.3, -0.25) is 0 Å². The number of nitrogens with zero attached hydrogens (tertiary/aromatic N) is 2. The highest BCUT2D eigenvalue weighted by molar-refractivity contribution is 6.35. The van der Waals surface area contributed by atoms with Gasteiger partial charge in [-0.1, -0.05) is 34.8 Å². The Hall–Kier alpha value is -1.55. The average Bonchev–Trinajstić information content (AvgIpc) is 2.36. The molecule has 1 aromatic heterocycles. The van der Waals surface area contributed by atoms with Crippen LogP contribution in [0.4, 0.5) is 11.6 Å². The second kappa shape index (κ2) is 5.68. The molecular weight excluding hydrogens is 329 g/mol. The summed E-state index contributed by atoms with van der Waals surface area (Å²) in [5.41, 5.74) is 2.38. The maximum atomic E-state index is 6.01. The van der Waals surface area contributed by atoms with E-state index in [9.17, 15) is 0 Å². The molecule has 0 spiro atoms. The second-order valence-electron chi connectivity index (χ2n) is 4.58. The number of nitrogens with one attached hydrogen (secondary N) is 1. The summed E-state index contributed by atoms with van der Waals surface area (Å²) in [7, 11) is 0. The Bertz CT molecular complexity index is 814. The number of hydrogen-bond acceptors (Lipinski definition) is 3. The Balaban J connectivity index is 2.04. The van der Waals surface area contributed by atoms with Crippen LogP contribution in [0.5, 0.6) is 0 Å². The van der Waals surface area contributed by atoms with Gasteiger partial charge in [-0.05, 0) is 43.3 Å². The summed E-state index contributed by atoms with van der Waals surface area (Å²) in [5, 5.41) is 5.80. The van der Waals surface area contributed by atoms with E-state index < -0.39 is 0 Å². The lowest BCUT2D eigenvalue weighted by atomic mass is 10.2. The SMILES string of the molecule is Cc1nc(Nc2cc(Cl)cc(Cl)c2)nc2cc(Cl)ccc12. The van der Waals surface area contributed by atoms with Gasteiger partial charge in [0.25, 0.3) is 0 Å². The highest BCUT2D eigenvalue weighted by Gasteiger charge is 2.06. The lowest BCUT2D eigenvalue weighted by Crippen LogP contribution is -1.99. The normalized spacial score (nSPS) is 10.9. The predicted octanol–water partition coefficient (Wildman–Crippen LogP) is 5.64. The molecule has 1 heterocycles. The fraction of sp³-hybridized carbons (Fsp3) is 0.0667. The fourth-order valence-corrected chi connectivity index (χ4v) is 2.76. The molecule has 0 fully saturated rings. The summed E-state index contributed by atoms with van der Waals surface area (Å²) in [6.45, 7) is 1.92. The summed E-state index contributed by atoms with van der Waals surface area (Å²) in [6.07, 6.45) is 0. The number of rotatable bonds is 2. The van der Waals surface area contributed by atoms with Crippen molar-refractivity contribution in [1.29, 1.82) is 0 Å². The second-order valence-corrected chi connectivity index (χ2v) is 5.89. The molecule has 3 rings (SSSR count). The minimum atomic E-state index is 0.473. The topological polar surface area (TPSA) is 37.8 Å². The number of fused-ring (bicyclic) bond motifs is 1. The van der Waals surface area contributed by atoms with E-state index in [0.717, 1.165) is 22.3 Å². The molecule has 0 aliphatic heterocycles. The first-order valence-corrected chi connectivity index (χ1v) is 7.32. The molecule has 0 atom stereocenters. The third kappa shape index (κ3) is 3.21. The first kappa shape index (κ1) is 14.4. The van der Waals surface area contributed by atoms with E-state index >= 15 is 0 Å². The molecule has 0 bridgehead atoms. The van der Waals surface area contributed by atoms with Crippen LogP contribution in [0.3, 0.4) is 0 Å². The quantitative estimate of drug-likeness (QED) is 0.657. The van der Waals surface area contributed by atoms with E-state index in [1.54, 1.807) is 18.2 Å². The van der Waals surface area contributed by atoms with Crippen molar-refractivity contribution >= 4 is 57.3 Å². The van der Waals surface area contributed by atoms with Crippen molar-refractivity contribution in [1.82, 2.24) is 9.97 Å². The first-order chi connectivity index (χ1) is 10.0. The van der Waals surface area contributed by atoms with E-state index in [0.29, 0.717) is 21.0 Å². The van der Waals surface area contributed by atoms with Crippen molar-refractivity contribution in [2.45, 2.75) is 6.92 Å². The first-order valence-electron chi connectivity index (χ1n) is 6.18. The highest BCUT2D eigenvalue weighted by atomic mass is 35.5. The molecule has 0 saturated heterocycles. The molecule has 2 aromatic carbocycles. The van der Waals surface area contributed by atoms with Crippen molar-refractivity contribution in [2.75, 3.05) is 5.32 Å². The smallest absolute Gasteiger partial charge is 0.228 e. The minimum Gasteiger partial charge on any atom is -0.324 e. The Labute approximate surface area is 136 Å². The van der Waals surface area contributed by atoms with Crippen LogP contribution in [0.1, 0.15) is 5.69 Å². The van der Waals surface area contributed by atoms with Gasteiger partial charge >= 0.3 is 0 Å². The Kier molecular flexibility index (Phi) is 3.89. The number of hydrogen-bond donors (Lipinski definition) is 1. The van der Waals surface area contributed by atoms with Gasteiger partial charge in [-0.2, -0.15) is 0 Å². The molecule has 3 nitrogen and oxygen atoms in total. The molecule has 0 unspecified atom stereocenters.